The van der Waals surface area contributed by atoms with E-state index >= 15 is 0 Å². The second-order valence-electron chi connectivity index (χ2n) is 6.40. The molecular formula is C20H23NO5S. The predicted molar refractivity (Wildman–Crippen MR) is 102 cm³/mol. The SMILES string of the molecule is CCCc1cc(C(=O)OC(C)C(=O)NCc2ccc3c(c2)OCO3)sc1C. The summed E-state index contributed by atoms with van der Waals surface area (Å²) in [7, 11) is 0. The number of carbonyl (C=O) groups excluding carboxylic acids is 2. The van der Waals surface area contributed by atoms with Gasteiger partial charge in [0, 0.05) is 11.4 Å². The highest BCUT2D eigenvalue weighted by Gasteiger charge is 2.21. The normalized spacial score (nSPS) is 13.3. The average molecular weight is 389 g/mol. The maximum atomic E-state index is 12.3. The number of esters is 1. The van der Waals surface area contributed by atoms with Crippen molar-refractivity contribution in [2.45, 2.75) is 46.3 Å². The van der Waals surface area contributed by atoms with Crippen LogP contribution in [-0.2, 0) is 22.5 Å². The molecule has 1 aliphatic rings. The molecule has 0 bridgehead atoms. The van der Waals surface area contributed by atoms with Crippen molar-refractivity contribution in [1.82, 2.24) is 5.32 Å². The Morgan fingerprint density at radius 3 is 2.81 bits per heavy atom. The molecule has 6 nitrogen and oxygen atoms in total. The molecule has 3 rings (SSSR count). The maximum absolute atomic E-state index is 12.3. The quantitative estimate of drug-likeness (QED) is 0.733. The van der Waals surface area contributed by atoms with E-state index in [1.807, 2.05) is 25.1 Å². The Morgan fingerprint density at radius 1 is 1.26 bits per heavy atom. The second-order valence-corrected chi connectivity index (χ2v) is 7.65. The lowest BCUT2D eigenvalue weighted by Gasteiger charge is -2.13. The molecule has 0 spiro atoms. The van der Waals surface area contributed by atoms with Gasteiger partial charge < -0.3 is 19.5 Å². The number of carbonyl (C=O) groups is 2. The molecule has 144 valence electrons. The number of benzene rings is 1. The number of aryl methyl sites for hydroxylation is 2. The number of amides is 1. The van der Waals surface area contributed by atoms with Gasteiger partial charge in [0.15, 0.2) is 17.6 Å². The van der Waals surface area contributed by atoms with E-state index in [2.05, 4.69) is 12.2 Å². The maximum Gasteiger partial charge on any atom is 0.349 e. The first-order valence-electron chi connectivity index (χ1n) is 8.94. The van der Waals surface area contributed by atoms with Crippen LogP contribution < -0.4 is 14.8 Å². The molecule has 1 unspecified atom stereocenters. The van der Waals surface area contributed by atoms with Gasteiger partial charge in [-0.05, 0) is 49.6 Å². The number of fused-ring (bicyclic) bond motifs is 1. The van der Waals surface area contributed by atoms with Crippen molar-refractivity contribution in [2.75, 3.05) is 6.79 Å². The van der Waals surface area contributed by atoms with E-state index in [4.69, 9.17) is 14.2 Å². The summed E-state index contributed by atoms with van der Waals surface area (Å²) < 4.78 is 15.9. The Labute approximate surface area is 162 Å². The van der Waals surface area contributed by atoms with Crippen molar-refractivity contribution >= 4 is 23.2 Å². The van der Waals surface area contributed by atoms with Gasteiger partial charge in [-0.3, -0.25) is 4.79 Å². The van der Waals surface area contributed by atoms with Crippen LogP contribution in [0.4, 0.5) is 0 Å². The van der Waals surface area contributed by atoms with E-state index in [0.29, 0.717) is 22.9 Å². The van der Waals surface area contributed by atoms with Gasteiger partial charge in [0.2, 0.25) is 6.79 Å². The van der Waals surface area contributed by atoms with Crippen LogP contribution in [0, 0.1) is 6.92 Å². The lowest BCUT2D eigenvalue weighted by atomic mass is 10.1. The summed E-state index contributed by atoms with van der Waals surface area (Å²) in [6.45, 7) is 6.19. The predicted octanol–water partition coefficient (Wildman–Crippen LogP) is 3.60. The monoisotopic (exact) mass is 389 g/mol. The number of hydrogen-bond acceptors (Lipinski definition) is 6. The highest BCUT2D eigenvalue weighted by Crippen LogP contribution is 2.32. The molecule has 1 aromatic heterocycles. The number of rotatable bonds is 7. The molecule has 1 aromatic carbocycles. The zero-order valence-corrected chi connectivity index (χ0v) is 16.5. The minimum absolute atomic E-state index is 0.209. The number of ether oxygens (including phenoxy) is 3. The molecule has 2 heterocycles. The molecule has 1 aliphatic heterocycles. The molecule has 1 atom stereocenters. The van der Waals surface area contributed by atoms with Crippen LogP contribution in [0.15, 0.2) is 24.3 Å². The third-order valence-electron chi connectivity index (χ3n) is 4.30. The number of nitrogens with one attached hydrogen (secondary N) is 1. The average Bonchev–Trinajstić information content (AvgIpc) is 3.26. The first-order valence-corrected chi connectivity index (χ1v) is 9.76. The fourth-order valence-electron chi connectivity index (χ4n) is 2.79. The molecule has 0 saturated carbocycles. The first kappa shape index (κ1) is 19.2. The minimum atomic E-state index is -0.872. The van der Waals surface area contributed by atoms with Crippen molar-refractivity contribution in [3.8, 4) is 11.5 Å². The van der Waals surface area contributed by atoms with Crippen LogP contribution in [0.5, 0.6) is 11.5 Å². The summed E-state index contributed by atoms with van der Waals surface area (Å²) in [5.41, 5.74) is 2.04. The third kappa shape index (κ3) is 4.60. The van der Waals surface area contributed by atoms with Gasteiger partial charge in [-0.25, -0.2) is 4.79 Å². The summed E-state index contributed by atoms with van der Waals surface area (Å²) >= 11 is 1.41. The first-order chi connectivity index (χ1) is 13.0. The smallest absolute Gasteiger partial charge is 0.349 e. The molecule has 0 fully saturated rings. The zero-order valence-electron chi connectivity index (χ0n) is 15.7. The van der Waals surface area contributed by atoms with Gasteiger partial charge in [0.05, 0.1) is 0 Å². The number of hydrogen-bond donors (Lipinski definition) is 1. The van der Waals surface area contributed by atoms with Crippen LogP contribution in [-0.4, -0.2) is 24.8 Å². The van der Waals surface area contributed by atoms with E-state index in [0.717, 1.165) is 28.8 Å². The van der Waals surface area contributed by atoms with E-state index in [9.17, 15) is 9.59 Å². The van der Waals surface area contributed by atoms with Gasteiger partial charge in [-0.15, -0.1) is 11.3 Å². The van der Waals surface area contributed by atoms with Crippen LogP contribution in [0.2, 0.25) is 0 Å². The van der Waals surface area contributed by atoms with Crippen molar-refractivity contribution in [1.29, 1.82) is 0 Å². The number of thiophene rings is 1. The molecule has 27 heavy (non-hydrogen) atoms. The Hall–Kier alpha value is -2.54. The molecule has 7 heteroatoms. The Bertz CT molecular complexity index is 845. The van der Waals surface area contributed by atoms with E-state index in [1.165, 1.54) is 11.3 Å². The van der Waals surface area contributed by atoms with Crippen molar-refractivity contribution < 1.29 is 23.8 Å². The highest BCUT2D eigenvalue weighted by atomic mass is 32.1. The van der Waals surface area contributed by atoms with Crippen molar-refractivity contribution in [3.63, 3.8) is 0 Å². The Balaban J connectivity index is 1.52. The second kappa shape index (κ2) is 8.43. The third-order valence-corrected chi connectivity index (χ3v) is 5.37. The lowest BCUT2D eigenvalue weighted by molar-refractivity contribution is -0.129. The fraction of sp³-hybridized carbons (Fsp3) is 0.400. The molecule has 0 aliphatic carbocycles. The summed E-state index contributed by atoms with van der Waals surface area (Å²) in [5, 5.41) is 2.77. The molecule has 0 radical (unpaired) electrons. The van der Waals surface area contributed by atoms with Gasteiger partial charge in [0.1, 0.15) is 4.88 Å². The van der Waals surface area contributed by atoms with Crippen LogP contribution in [0.25, 0.3) is 0 Å². The summed E-state index contributed by atoms with van der Waals surface area (Å²) in [6.07, 6.45) is 1.08. The van der Waals surface area contributed by atoms with Crippen LogP contribution in [0.1, 0.15) is 45.9 Å². The van der Waals surface area contributed by atoms with Gasteiger partial charge >= 0.3 is 5.97 Å². The van der Waals surface area contributed by atoms with Gasteiger partial charge in [-0.1, -0.05) is 19.4 Å². The largest absolute Gasteiger partial charge is 0.454 e. The fourth-order valence-corrected chi connectivity index (χ4v) is 3.75. The van der Waals surface area contributed by atoms with E-state index in [-0.39, 0.29) is 12.7 Å². The lowest BCUT2D eigenvalue weighted by Crippen LogP contribution is -2.35. The van der Waals surface area contributed by atoms with E-state index < -0.39 is 12.1 Å². The van der Waals surface area contributed by atoms with Gasteiger partial charge in [-0.2, -0.15) is 0 Å². The van der Waals surface area contributed by atoms with E-state index in [1.54, 1.807) is 13.0 Å². The molecule has 0 saturated heterocycles. The highest BCUT2D eigenvalue weighted by molar-refractivity contribution is 7.14. The summed E-state index contributed by atoms with van der Waals surface area (Å²) in [4.78, 5) is 26.2. The zero-order chi connectivity index (χ0) is 19.4. The van der Waals surface area contributed by atoms with Crippen LogP contribution in [0.3, 0.4) is 0 Å². The molecular weight excluding hydrogens is 366 g/mol. The summed E-state index contributed by atoms with van der Waals surface area (Å²) in [6, 6.07) is 7.35. The molecule has 2 aromatic rings. The Kier molecular flexibility index (Phi) is 6.01. The molecule has 1 N–H and O–H groups in total. The van der Waals surface area contributed by atoms with Gasteiger partial charge in [0.25, 0.3) is 5.91 Å². The van der Waals surface area contributed by atoms with Crippen molar-refractivity contribution in [3.05, 3.63) is 45.1 Å². The minimum Gasteiger partial charge on any atom is -0.454 e. The standard InChI is InChI=1S/C20H23NO5S/c1-4-5-15-9-18(27-13(15)3)20(23)26-12(2)19(22)21-10-14-6-7-16-17(8-14)25-11-24-16/h6-9,12H,4-5,10-11H2,1-3H3,(H,21,22). The van der Waals surface area contributed by atoms with Crippen LogP contribution >= 0.6 is 11.3 Å². The Morgan fingerprint density at radius 2 is 2.04 bits per heavy atom. The molecule has 1 amide bonds. The topological polar surface area (TPSA) is 73.9 Å². The van der Waals surface area contributed by atoms with Crippen molar-refractivity contribution in [2.24, 2.45) is 0 Å². The summed E-state index contributed by atoms with van der Waals surface area (Å²) in [5.74, 6) is 0.553.